The Balaban J connectivity index is 0.000000156. The lowest BCUT2D eigenvalue weighted by molar-refractivity contribution is 0.504. The third-order valence-electron chi connectivity index (χ3n) is 11.0. The van der Waals surface area contributed by atoms with Gasteiger partial charge in [0.15, 0.2) is 11.6 Å². The number of nitrogens with zero attached hydrogens (tertiary/aromatic N) is 6. The minimum atomic E-state index is -4.16. The summed E-state index contributed by atoms with van der Waals surface area (Å²) < 4.78 is 83.5. The van der Waals surface area contributed by atoms with Crippen molar-refractivity contribution in [3.8, 4) is 0 Å². The van der Waals surface area contributed by atoms with Gasteiger partial charge in [0, 0.05) is 78.2 Å². The van der Waals surface area contributed by atoms with Crippen molar-refractivity contribution >= 4 is 86.9 Å². The highest BCUT2D eigenvalue weighted by molar-refractivity contribution is 7.90. The highest BCUT2D eigenvalue weighted by Gasteiger charge is 2.27. The van der Waals surface area contributed by atoms with Crippen LogP contribution in [-0.2, 0) is 20.0 Å². The van der Waals surface area contributed by atoms with E-state index >= 15 is 0 Å². The van der Waals surface area contributed by atoms with Crippen LogP contribution in [0, 0.1) is 11.6 Å². The van der Waals surface area contributed by atoms with Gasteiger partial charge in [0.1, 0.15) is 11.6 Å². The lowest BCUT2D eigenvalue weighted by Gasteiger charge is -2.23. The summed E-state index contributed by atoms with van der Waals surface area (Å²) in [7, 11) is -7.97. The third kappa shape index (κ3) is 7.67. The molecule has 0 amide bonds. The largest absolute Gasteiger partial charge is 0.355 e. The molecule has 2 fully saturated rings. The maximum absolute atomic E-state index is 13.8. The fraction of sp³-hybridized carbons (Fsp3) is 0.227. The Morgan fingerprint density at radius 1 is 0.525 bits per heavy atom. The summed E-state index contributed by atoms with van der Waals surface area (Å²) in [6, 6.07) is 27.5. The van der Waals surface area contributed by atoms with Crippen molar-refractivity contribution in [3.63, 3.8) is 0 Å². The highest BCUT2D eigenvalue weighted by atomic mass is 35.5. The normalized spacial score (nSPS) is 15.5. The summed E-state index contributed by atoms with van der Waals surface area (Å²) >= 11 is 6.07. The van der Waals surface area contributed by atoms with E-state index in [1.165, 1.54) is 16.2 Å². The molecule has 4 aromatic carbocycles. The van der Waals surface area contributed by atoms with Gasteiger partial charge in [-0.3, -0.25) is 0 Å². The van der Waals surface area contributed by atoms with E-state index in [1.807, 2.05) is 54.6 Å². The summed E-state index contributed by atoms with van der Waals surface area (Å²) in [4.78, 5) is 14.0. The molecule has 2 aliphatic heterocycles. The number of hydrogen-bond donors (Lipinski definition) is 2. The molecule has 314 valence electrons. The zero-order valence-electron chi connectivity index (χ0n) is 32.8. The molecule has 2 saturated heterocycles. The van der Waals surface area contributed by atoms with E-state index in [2.05, 4.69) is 20.4 Å². The van der Waals surface area contributed by atoms with Gasteiger partial charge in [-0.15, -0.1) is 0 Å². The number of para-hydroxylation sites is 2. The number of anilines is 2. The molecule has 0 radical (unpaired) electrons. The maximum Gasteiger partial charge on any atom is 0.268 e. The molecular formula is C44H41ClF2N8O4S2. The van der Waals surface area contributed by atoms with Crippen LogP contribution in [0.4, 0.5) is 20.4 Å². The van der Waals surface area contributed by atoms with Crippen LogP contribution in [0.2, 0.25) is 5.02 Å². The molecule has 10 rings (SSSR count). The van der Waals surface area contributed by atoms with E-state index in [0.717, 1.165) is 109 Å². The summed E-state index contributed by atoms with van der Waals surface area (Å²) in [5.74, 6) is -0.756. The average molecular weight is 883 g/mol. The molecule has 0 unspecified atom stereocenters. The molecular weight excluding hydrogens is 842 g/mol. The maximum atomic E-state index is 13.8. The summed E-state index contributed by atoms with van der Waals surface area (Å²) in [5.41, 5.74) is 2.57. The quantitative estimate of drug-likeness (QED) is 0.174. The first-order valence-corrected chi connectivity index (χ1v) is 23.2. The first kappa shape index (κ1) is 40.7. The first-order chi connectivity index (χ1) is 29.5. The topological polar surface area (TPSA) is 134 Å². The molecule has 0 atom stereocenters. The molecule has 0 spiro atoms. The van der Waals surface area contributed by atoms with Gasteiger partial charge in [-0.2, -0.15) is 0 Å². The molecule has 0 bridgehead atoms. The Labute approximate surface area is 356 Å². The van der Waals surface area contributed by atoms with Gasteiger partial charge in [-0.05, 0) is 86.6 Å². The summed E-state index contributed by atoms with van der Waals surface area (Å²) in [6.45, 7) is 6.82. The third-order valence-corrected chi connectivity index (χ3v) is 14.6. The molecule has 0 saturated carbocycles. The highest BCUT2D eigenvalue weighted by Crippen LogP contribution is 2.36. The van der Waals surface area contributed by atoms with Gasteiger partial charge < -0.3 is 20.4 Å². The van der Waals surface area contributed by atoms with E-state index in [9.17, 15) is 25.6 Å². The smallest absolute Gasteiger partial charge is 0.268 e. The fourth-order valence-electron chi connectivity index (χ4n) is 8.10. The van der Waals surface area contributed by atoms with Crippen LogP contribution in [-0.4, -0.2) is 87.1 Å². The van der Waals surface area contributed by atoms with Crippen molar-refractivity contribution in [1.29, 1.82) is 0 Å². The SMILES string of the molecule is O=S(=O)(c1ccc(F)c(F)c1)n1ccc2c(N3CCCNCC3)nc3ccccc3c21.O=S(=O)(c1cccc(Cl)c1)n1ccc2c(N3CCCNCC3)nc3ccccc3c21. The Kier molecular flexibility index (Phi) is 11.1. The van der Waals surface area contributed by atoms with Crippen LogP contribution >= 0.6 is 11.6 Å². The predicted octanol–water partition coefficient (Wildman–Crippen LogP) is 7.38. The Morgan fingerprint density at radius 2 is 1.03 bits per heavy atom. The lowest BCUT2D eigenvalue weighted by atomic mass is 10.1. The standard InChI is InChI=1S/C22H21ClN4O2S.C22H20F2N4O2S/c23-16-5-3-6-17(15-16)30(28,29)27-13-9-19-21(27)18-7-1-2-8-20(18)25-22(19)26-12-4-10-24-11-14-26;23-18-7-6-15(14-19(18)24)31(29,30)28-12-8-17-21(28)16-4-1-2-5-20(16)26-22(17)27-11-3-9-25-10-13-27/h1-3,5-9,13,15,24H,4,10-12,14H2;1-2,4-8,12,14,25H,3,9-11,13H2. The van der Waals surface area contributed by atoms with E-state index < -0.39 is 31.7 Å². The van der Waals surface area contributed by atoms with Gasteiger partial charge in [-0.1, -0.05) is 54.1 Å². The molecule has 6 heterocycles. The number of benzene rings is 4. The van der Waals surface area contributed by atoms with Crippen LogP contribution in [0.15, 0.2) is 125 Å². The molecule has 2 aliphatic rings. The van der Waals surface area contributed by atoms with Crippen LogP contribution in [0.3, 0.4) is 0 Å². The van der Waals surface area contributed by atoms with E-state index in [4.69, 9.17) is 21.6 Å². The fourth-order valence-corrected chi connectivity index (χ4v) is 11.1. The van der Waals surface area contributed by atoms with Crippen molar-refractivity contribution in [2.75, 3.05) is 62.2 Å². The second kappa shape index (κ2) is 16.7. The zero-order chi connectivity index (χ0) is 42.3. The van der Waals surface area contributed by atoms with Gasteiger partial charge in [0.05, 0.1) is 31.9 Å². The van der Waals surface area contributed by atoms with Crippen molar-refractivity contribution in [3.05, 3.63) is 132 Å². The Hall–Kier alpha value is -5.65. The summed E-state index contributed by atoms with van der Waals surface area (Å²) in [6.07, 6.45) is 5.03. The van der Waals surface area contributed by atoms with Gasteiger partial charge >= 0.3 is 0 Å². The summed E-state index contributed by atoms with van der Waals surface area (Å²) in [5, 5.41) is 10.2. The average Bonchev–Trinajstić information content (AvgIpc) is 3.72. The number of fused-ring (bicyclic) bond motifs is 6. The van der Waals surface area contributed by atoms with Crippen LogP contribution < -0.4 is 20.4 Å². The van der Waals surface area contributed by atoms with Crippen molar-refractivity contribution < 1.29 is 25.6 Å². The molecule has 4 aromatic heterocycles. The monoisotopic (exact) mass is 882 g/mol. The second-order valence-electron chi connectivity index (χ2n) is 14.9. The molecule has 0 aliphatic carbocycles. The Morgan fingerprint density at radius 3 is 1.54 bits per heavy atom. The number of pyridine rings is 2. The molecule has 12 nitrogen and oxygen atoms in total. The molecule has 8 aromatic rings. The van der Waals surface area contributed by atoms with Crippen molar-refractivity contribution in [1.82, 2.24) is 28.5 Å². The lowest BCUT2D eigenvalue weighted by Crippen LogP contribution is -2.28. The number of aromatic nitrogens is 4. The molecule has 2 N–H and O–H groups in total. The molecule has 17 heteroatoms. The van der Waals surface area contributed by atoms with E-state index in [1.54, 1.807) is 30.5 Å². The van der Waals surface area contributed by atoms with E-state index in [-0.39, 0.29) is 9.79 Å². The Bertz CT molecular complexity index is 3160. The van der Waals surface area contributed by atoms with Crippen molar-refractivity contribution in [2.24, 2.45) is 0 Å². The van der Waals surface area contributed by atoms with Gasteiger partial charge in [0.25, 0.3) is 20.0 Å². The number of halogens is 3. The van der Waals surface area contributed by atoms with Crippen LogP contribution in [0.5, 0.6) is 0 Å². The van der Waals surface area contributed by atoms with Crippen LogP contribution in [0.25, 0.3) is 43.6 Å². The first-order valence-electron chi connectivity index (χ1n) is 19.9. The van der Waals surface area contributed by atoms with Crippen molar-refractivity contribution in [2.45, 2.75) is 22.6 Å². The van der Waals surface area contributed by atoms with Gasteiger partial charge in [0.2, 0.25) is 0 Å². The zero-order valence-corrected chi connectivity index (χ0v) is 35.2. The van der Waals surface area contributed by atoms with Gasteiger partial charge in [-0.25, -0.2) is 43.5 Å². The minimum absolute atomic E-state index is 0.161. The number of nitrogens with one attached hydrogen (secondary N) is 2. The van der Waals surface area contributed by atoms with Crippen LogP contribution in [0.1, 0.15) is 12.8 Å². The van der Waals surface area contributed by atoms with E-state index in [0.29, 0.717) is 38.4 Å². The molecule has 61 heavy (non-hydrogen) atoms. The number of hydrogen-bond acceptors (Lipinski definition) is 10. The number of rotatable bonds is 6. The minimum Gasteiger partial charge on any atom is -0.355 e. The second-order valence-corrected chi connectivity index (χ2v) is 18.9. The predicted molar refractivity (Wildman–Crippen MR) is 237 cm³/mol.